The first-order chi connectivity index (χ1) is 12.0. The van der Waals surface area contributed by atoms with Gasteiger partial charge in [-0.1, -0.05) is 41.4 Å². The standard InChI is InChI=1S/C20H15Cl2NO2/c1-13-4-2-3-5-17(13)20(24)23-15-8-11-19(18(22)12-15)25-16-9-6-14(21)7-10-16/h2-12H,1H3,(H,23,24). The Labute approximate surface area is 156 Å². The third-order valence-corrected chi connectivity index (χ3v) is 4.17. The van der Waals surface area contributed by atoms with Crippen LogP contribution in [-0.4, -0.2) is 5.91 Å². The Morgan fingerprint density at radius 2 is 1.68 bits per heavy atom. The van der Waals surface area contributed by atoms with E-state index >= 15 is 0 Å². The number of carbonyl (C=O) groups excluding carboxylic acids is 1. The van der Waals surface area contributed by atoms with Gasteiger partial charge in [-0.3, -0.25) is 4.79 Å². The second-order valence-electron chi connectivity index (χ2n) is 5.47. The molecule has 0 fully saturated rings. The molecule has 0 aromatic heterocycles. The van der Waals surface area contributed by atoms with Crippen molar-refractivity contribution in [2.45, 2.75) is 6.92 Å². The first kappa shape index (κ1) is 17.3. The van der Waals surface area contributed by atoms with Gasteiger partial charge in [0.25, 0.3) is 5.91 Å². The van der Waals surface area contributed by atoms with E-state index in [1.807, 2.05) is 25.1 Å². The second-order valence-corrected chi connectivity index (χ2v) is 6.31. The minimum Gasteiger partial charge on any atom is -0.456 e. The fraction of sp³-hybridized carbons (Fsp3) is 0.0500. The lowest BCUT2D eigenvalue weighted by Crippen LogP contribution is -2.13. The van der Waals surface area contributed by atoms with Crippen molar-refractivity contribution in [2.24, 2.45) is 0 Å². The number of amides is 1. The molecular weight excluding hydrogens is 357 g/mol. The molecule has 3 rings (SSSR count). The topological polar surface area (TPSA) is 38.3 Å². The number of ether oxygens (including phenoxy) is 1. The molecule has 0 saturated heterocycles. The fourth-order valence-corrected chi connectivity index (χ4v) is 2.66. The predicted molar refractivity (Wildman–Crippen MR) is 102 cm³/mol. The number of benzene rings is 3. The van der Waals surface area contributed by atoms with E-state index in [2.05, 4.69) is 5.32 Å². The predicted octanol–water partition coefficient (Wildman–Crippen LogP) is 6.35. The van der Waals surface area contributed by atoms with Crippen molar-refractivity contribution < 1.29 is 9.53 Å². The highest BCUT2D eigenvalue weighted by molar-refractivity contribution is 6.32. The van der Waals surface area contributed by atoms with Crippen LogP contribution in [0.5, 0.6) is 11.5 Å². The van der Waals surface area contributed by atoms with E-state index in [0.717, 1.165) is 5.56 Å². The fourth-order valence-electron chi connectivity index (χ4n) is 2.32. The number of anilines is 1. The van der Waals surface area contributed by atoms with Crippen molar-refractivity contribution >= 4 is 34.8 Å². The molecule has 25 heavy (non-hydrogen) atoms. The highest BCUT2D eigenvalue weighted by Crippen LogP contribution is 2.32. The van der Waals surface area contributed by atoms with Crippen molar-refractivity contribution in [2.75, 3.05) is 5.32 Å². The molecule has 0 radical (unpaired) electrons. The molecule has 0 unspecified atom stereocenters. The first-order valence-electron chi connectivity index (χ1n) is 7.63. The van der Waals surface area contributed by atoms with Crippen molar-refractivity contribution in [1.82, 2.24) is 0 Å². The van der Waals surface area contributed by atoms with Gasteiger partial charge in [0.15, 0.2) is 0 Å². The lowest BCUT2D eigenvalue weighted by molar-refractivity contribution is 0.102. The van der Waals surface area contributed by atoms with Gasteiger partial charge >= 0.3 is 0 Å². The summed E-state index contributed by atoms with van der Waals surface area (Å²) in [5.74, 6) is 0.946. The normalized spacial score (nSPS) is 10.4. The number of nitrogens with one attached hydrogen (secondary N) is 1. The molecule has 3 aromatic carbocycles. The molecule has 0 aliphatic rings. The smallest absolute Gasteiger partial charge is 0.255 e. The summed E-state index contributed by atoms with van der Waals surface area (Å²) in [6.45, 7) is 1.89. The van der Waals surface area contributed by atoms with E-state index in [-0.39, 0.29) is 5.91 Å². The van der Waals surface area contributed by atoms with Crippen LogP contribution in [-0.2, 0) is 0 Å². The van der Waals surface area contributed by atoms with Gasteiger partial charge in [-0.2, -0.15) is 0 Å². The first-order valence-corrected chi connectivity index (χ1v) is 8.38. The Bertz CT molecular complexity index is 908. The van der Waals surface area contributed by atoms with E-state index in [4.69, 9.17) is 27.9 Å². The highest BCUT2D eigenvalue weighted by Gasteiger charge is 2.10. The minimum atomic E-state index is -0.180. The second kappa shape index (κ2) is 7.60. The summed E-state index contributed by atoms with van der Waals surface area (Å²) in [6, 6.07) is 19.5. The zero-order chi connectivity index (χ0) is 17.8. The highest BCUT2D eigenvalue weighted by atomic mass is 35.5. The van der Waals surface area contributed by atoms with Crippen molar-refractivity contribution in [3.05, 3.63) is 87.9 Å². The van der Waals surface area contributed by atoms with E-state index in [1.54, 1.807) is 48.5 Å². The summed E-state index contributed by atoms with van der Waals surface area (Å²) in [5.41, 5.74) is 2.13. The van der Waals surface area contributed by atoms with Crippen LogP contribution in [0.4, 0.5) is 5.69 Å². The molecule has 126 valence electrons. The third kappa shape index (κ3) is 4.32. The largest absolute Gasteiger partial charge is 0.456 e. The molecule has 0 aliphatic heterocycles. The summed E-state index contributed by atoms with van der Waals surface area (Å²) < 4.78 is 5.72. The van der Waals surface area contributed by atoms with Gasteiger partial charge in [0, 0.05) is 16.3 Å². The van der Waals surface area contributed by atoms with Crippen LogP contribution < -0.4 is 10.1 Å². The number of carbonyl (C=O) groups is 1. The molecule has 5 heteroatoms. The molecule has 3 aromatic rings. The number of hydrogen-bond donors (Lipinski definition) is 1. The van der Waals surface area contributed by atoms with Gasteiger partial charge in [0.05, 0.1) is 5.02 Å². The summed E-state index contributed by atoms with van der Waals surface area (Å²) in [5, 5.41) is 3.87. The van der Waals surface area contributed by atoms with E-state index < -0.39 is 0 Å². The van der Waals surface area contributed by atoms with Crippen LogP contribution in [0.3, 0.4) is 0 Å². The quantitative estimate of drug-likeness (QED) is 0.580. The van der Waals surface area contributed by atoms with Crippen LogP contribution in [0.25, 0.3) is 0 Å². The molecule has 1 amide bonds. The number of halogens is 2. The van der Waals surface area contributed by atoms with Crippen molar-refractivity contribution in [3.63, 3.8) is 0 Å². The average molecular weight is 372 g/mol. The maximum atomic E-state index is 12.4. The number of rotatable bonds is 4. The van der Waals surface area contributed by atoms with Crippen molar-refractivity contribution in [1.29, 1.82) is 0 Å². The monoisotopic (exact) mass is 371 g/mol. The molecule has 0 spiro atoms. The zero-order valence-electron chi connectivity index (χ0n) is 13.4. The maximum absolute atomic E-state index is 12.4. The van der Waals surface area contributed by atoms with Crippen LogP contribution in [0, 0.1) is 6.92 Å². The third-order valence-electron chi connectivity index (χ3n) is 3.62. The lowest BCUT2D eigenvalue weighted by Gasteiger charge is -2.11. The van der Waals surface area contributed by atoms with Crippen LogP contribution >= 0.6 is 23.2 Å². The summed E-state index contributed by atoms with van der Waals surface area (Å²) in [6.07, 6.45) is 0. The van der Waals surface area contributed by atoms with Crippen LogP contribution in [0.15, 0.2) is 66.7 Å². The molecule has 0 atom stereocenters. The summed E-state index contributed by atoms with van der Waals surface area (Å²) in [7, 11) is 0. The van der Waals surface area contributed by atoms with Gasteiger partial charge < -0.3 is 10.1 Å². The Morgan fingerprint density at radius 1 is 0.960 bits per heavy atom. The molecular formula is C20H15Cl2NO2. The Hall–Kier alpha value is -2.49. The Balaban J connectivity index is 1.74. The minimum absolute atomic E-state index is 0.180. The SMILES string of the molecule is Cc1ccccc1C(=O)Nc1ccc(Oc2ccc(Cl)cc2)c(Cl)c1. The molecule has 0 bridgehead atoms. The van der Waals surface area contributed by atoms with Gasteiger partial charge in [0.2, 0.25) is 0 Å². The molecule has 1 N–H and O–H groups in total. The summed E-state index contributed by atoms with van der Waals surface area (Å²) >= 11 is 12.1. The Morgan fingerprint density at radius 3 is 2.36 bits per heavy atom. The Kier molecular flexibility index (Phi) is 5.27. The van der Waals surface area contributed by atoms with Gasteiger partial charge in [-0.25, -0.2) is 0 Å². The molecule has 0 heterocycles. The zero-order valence-corrected chi connectivity index (χ0v) is 14.9. The molecule has 3 nitrogen and oxygen atoms in total. The molecule has 0 aliphatic carbocycles. The van der Waals surface area contributed by atoms with Crippen LogP contribution in [0.1, 0.15) is 15.9 Å². The summed E-state index contributed by atoms with van der Waals surface area (Å²) in [4.78, 5) is 12.4. The molecule has 0 saturated carbocycles. The van der Waals surface area contributed by atoms with Crippen LogP contribution in [0.2, 0.25) is 10.0 Å². The number of hydrogen-bond acceptors (Lipinski definition) is 2. The van der Waals surface area contributed by atoms with E-state index in [9.17, 15) is 4.79 Å². The maximum Gasteiger partial charge on any atom is 0.255 e. The van der Waals surface area contributed by atoms with Gasteiger partial charge in [-0.15, -0.1) is 0 Å². The van der Waals surface area contributed by atoms with E-state index in [1.165, 1.54) is 0 Å². The average Bonchev–Trinajstić information content (AvgIpc) is 2.59. The van der Waals surface area contributed by atoms with E-state index in [0.29, 0.717) is 32.8 Å². The van der Waals surface area contributed by atoms with Gasteiger partial charge in [-0.05, 0) is 61.0 Å². The lowest BCUT2D eigenvalue weighted by atomic mass is 10.1. The van der Waals surface area contributed by atoms with Crippen molar-refractivity contribution in [3.8, 4) is 11.5 Å². The van der Waals surface area contributed by atoms with Gasteiger partial charge in [0.1, 0.15) is 11.5 Å². The number of aryl methyl sites for hydroxylation is 1.